The molecule has 9 heteroatoms. The molecule has 0 fully saturated rings. The van der Waals surface area contributed by atoms with Gasteiger partial charge in [0.15, 0.2) is 0 Å². The number of sulfonamides is 1. The molecule has 0 bridgehead atoms. The number of halogens is 1. The van der Waals surface area contributed by atoms with Gasteiger partial charge >= 0.3 is 0 Å². The van der Waals surface area contributed by atoms with E-state index in [0.717, 1.165) is 22.5 Å². The molecule has 0 saturated heterocycles. The first-order valence-corrected chi connectivity index (χ1v) is 10.2. The molecule has 134 valence electrons. The summed E-state index contributed by atoms with van der Waals surface area (Å²) in [6.07, 6.45) is 1.42. The zero-order valence-corrected chi connectivity index (χ0v) is 15.2. The largest absolute Gasteiger partial charge is 0.359 e. The third-order valence-electron chi connectivity index (χ3n) is 4.42. The van der Waals surface area contributed by atoms with Crippen molar-refractivity contribution in [3.05, 3.63) is 60.5 Å². The van der Waals surface area contributed by atoms with Crippen molar-refractivity contribution in [2.45, 2.75) is 4.90 Å². The molecular weight excluding hydrogens is 387 g/mol. The molecule has 0 saturated carbocycles. The number of H-pyrrole nitrogens is 1. The topological polar surface area (TPSA) is 87.7 Å². The van der Waals surface area contributed by atoms with Crippen molar-refractivity contribution in [1.29, 1.82) is 0 Å². The van der Waals surface area contributed by atoms with Crippen LogP contribution in [0.4, 0.5) is 10.1 Å². The molecule has 0 aliphatic heterocycles. The summed E-state index contributed by atoms with van der Waals surface area (Å²) in [6.45, 7) is 0. The van der Waals surface area contributed by atoms with Gasteiger partial charge in [0.05, 0.1) is 22.9 Å². The number of nitrogens with one attached hydrogen (secondary N) is 2. The highest BCUT2D eigenvalue weighted by Crippen LogP contribution is 2.31. The zero-order chi connectivity index (χ0) is 18.6. The summed E-state index contributed by atoms with van der Waals surface area (Å²) in [7, 11) is -4.01. The Bertz CT molecular complexity index is 1440. The van der Waals surface area contributed by atoms with E-state index in [1.165, 1.54) is 18.3 Å². The molecular formula is C18H11FN4O2S2. The molecule has 2 aromatic heterocycles. The Kier molecular flexibility index (Phi) is 3.43. The first-order chi connectivity index (χ1) is 13.0. The first-order valence-electron chi connectivity index (χ1n) is 7.96. The van der Waals surface area contributed by atoms with Crippen molar-refractivity contribution >= 4 is 60.1 Å². The Labute approximate surface area is 157 Å². The molecule has 5 rings (SSSR count). The standard InChI is InChI=1S/C18H11FN4O2S2/c19-13-7-15-16(22-26-21-15)8-14(13)23-27(24,25)17-9-20-18-11-4-2-1-3-10(11)5-6-12(17)18/h1-9,20,23H. The fraction of sp³-hybridized carbons (Fsp3) is 0. The summed E-state index contributed by atoms with van der Waals surface area (Å²) < 4.78 is 50.4. The van der Waals surface area contributed by atoms with Gasteiger partial charge in [0.1, 0.15) is 21.7 Å². The highest BCUT2D eigenvalue weighted by molar-refractivity contribution is 7.93. The van der Waals surface area contributed by atoms with E-state index in [2.05, 4.69) is 18.5 Å². The van der Waals surface area contributed by atoms with Gasteiger partial charge in [0.25, 0.3) is 10.0 Å². The summed E-state index contributed by atoms with van der Waals surface area (Å²) in [6, 6.07) is 13.8. The molecule has 0 spiro atoms. The second-order valence-corrected chi connectivity index (χ2v) is 8.23. The molecule has 0 aliphatic carbocycles. The van der Waals surface area contributed by atoms with Gasteiger partial charge in [-0.25, -0.2) is 12.8 Å². The van der Waals surface area contributed by atoms with Crippen LogP contribution in [0.2, 0.25) is 0 Å². The average molecular weight is 398 g/mol. The Morgan fingerprint density at radius 1 is 1.00 bits per heavy atom. The van der Waals surface area contributed by atoms with Crippen LogP contribution in [0, 0.1) is 5.82 Å². The van der Waals surface area contributed by atoms with Gasteiger partial charge in [-0.15, -0.1) is 0 Å². The second kappa shape index (κ2) is 5.73. The maximum Gasteiger partial charge on any atom is 0.264 e. The number of aromatic amines is 1. The lowest BCUT2D eigenvalue weighted by molar-refractivity contribution is 0.599. The summed E-state index contributed by atoms with van der Waals surface area (Å²) in [5.41, 5.74) is 1.38. The molecule has 3 aromatic carbocycles. The second-order valence-electron chi connectivity index (χ2n) is 6.05. The molecule has 2 heterocycles. The van der Waals surface area contributed by atoms with E-state index in [0.29, 0.717) is 21.9 Å². The molecule has 6 nitrogen and oxygen atoms in total. The van der Waals surface area contributed by atoms with Crippen LogP contribution in [0.25, 0.3) is 32.7 Å². The summed E-state index contributed by atoms with van der Waals surface area (Å²) in [5, 5.41) is 2.45. The van der Waals surface area contributed by atoms with Gasteiger partial charge in [-0.3, -0.25) is 4.72 Å². The van der Waals surface area contributed by atoms with Crippen LogP contribution >= 0.6 is 11.7 Å². The number of benzene rings is 3. The molecule has 0 aliphatic rings. The zero-order valence-electron chi connectivity index (χ0n) is 13.6. The van der Waals surface area contributed by atoms with Gasteiger partial charge in [-0.1, -0.05) is 36.4 Å². The molecule has 0 unspecified atom stereocenters. The SMILES string of the molecule is O=S(=O)(Nc1cc2nsnc2cc1F)c1c[nH]c2c1ccc1ccccc12. The Morgan fingerprint density at radius 3 is 2.63 bits per heavy atom. The van der Waals surface area contributed by atoms with Gasteiger partial charge in [-0.05, 0) is 11.5 Å². The van der Waals surface area contributed by atoms with Crippen molar-refractivity contribution in [2.24, 2.45) is 0 Å². The summed E-state index contributed by atoms with van der Waals surface area (Å²) in [5.74, 6) is -0.705. The maximum atomic E-state index is 14.3. The highest BCUT2D eigenvalue weighted by atomic mass is 32.2. The minimum atomic E-state index is -4.01. The lowest BCUT2D eigenvalue weighted by Crippen LogP contribution is -2.13. The van der Waals surface area contributed by atoms with E-state index >= 15 is 0 Å². The highest BCUT2D eigenvalue weighted by Gasteiger charge is 2.22. The fourth-order valence-electron chi connectivity index (χ4n) is 3.15. The normalized spacial score (nSPS) is 12.2. The number of nitrogens with zero attached hydrogens (tertiary/aromatic N) is 2. The van der Waals surface area contributed by atoms with E-state index in [-0.39, 0.29) is 10.6 Å². The van der Waals surface area contributed by atoms with E-state index in [4.69, 9.17) is 0 Å². The fourth-order valence-corrected chi connectivity index (χ4v) is 4.89. The Hall–Kier alpha value is -3.04. The number of hydrogen-bond acceptors (Lipinski definition) is 5. The molecule has 5 aromatic rings. The third kappa shape index (κ3) is 2.54. The maximum absolute atomic E-state index is 14.3. The quantitative estimate of drug-likeness (QED) is 0.475. The Balaban J connectivity index is 1.64. The Morgan fingerprint density at radius 2 is 1.78 bits per heavy atom. The van der Waals surface area contributed by atoms with Crippen LogP contribution in [0.5, 0.6) is 0 Å². The van der Waals surface area contributed by atoms with E-state index in [1.807, 2.05) is 30.3 Å². The van der Waals surface area contributed by atoms with Crippen molar-refractivity contribution < 1.29 is 12.8 Å². The first kappa shape index (κ1) is 16.2. The predicted molar refractivity (Wildman–Crippen MR) is 104 cm³/mol. The van der Waals surface area contributed by atoms with Crippen LogP contribution in [0.3, 0.4) is 0 Å². The summed E-state index contributed by atoms with van der Waals surface area (Å²) in [4.78, 5) is 3.08. The molecule has 27 heavy (non-hydrogen) atoms. The average Bonchev–Trinajstić information content (AvgIpc) is 3.28. The van der Waals surface area contributed by atoms with Gasteiger partial charge in [-0.2, -0.15) is 8.75 Å². The molecule has 0 atom stereocenters. The van der Waals surface area contributed by atoms with Crippen molar-refractivity contribution in [3.8, 4) is 0 Å². The van der Waals surface area contributed by atoms with E-state index in [9.17, 15) is 12.8 Å². The lowest BCUT2D eigenvalue weighted by atomic mass is 10.1. The van der Waals surface area contributed by atoms with Crippen LogP contribution in [-0.4, -0.2) is 22.1 Å². The molecule has 0 amide bonds. The third-order valence-corrected chi connectivity index (χ3v) is 6.38. The predicted octanol–water partition coefficient (Wildman–Crippen LogP) is 4.27. The number of hydrogen-bond donors (Lipinski definition) is 2. The van der Waals surface area contributed by atoms with E-state index < -0.39 is 15.8 Å². The van der Waals surface area contributed by atoms with Gasteiger partial charge in [0.2, 0.25) is 0 Å². The smallest absolute Gasteiger partial charge is 0.264 e. The van der Waals surface area contributed by atoms with Crippen LogP contribution in [0.15, 0.2) is 59.6 Å². The number of anilines is 1. The van der Waals surface area contributed by atoms with E-state index in [1.54, 1.807) is 6.07 Å². The summed E-state index contributed by atoms with van der Waals surface area (Å²) >= 11 is 0.940. The van der Waals surface area contributed by atoms with Crippen LogP contribution in [0.1, 0.15) is 0 Å². The minimum absolute atomic E-state index is 0.0548. The number of aromatic nitrogens is 3. The van der Waals surface area contributed by atoms with Crippen LogP contribution < -0.4 is 4.72 Å². The van der Waals surface area contributed by atoms with Crippen molar-refractivity contribution in [1.82, 2.24) is 13.7 Å². The van der Waals surface area contributed by atoms with Crippen LogP contribution in [-0.2, 0) is 10.0 Å². The molecule has 0 radical (unpaired) electrons. The number of rotatable bonds is 3. The number of fused-ring (bicyclic) bond motifs is 4. The van der Waals surface area contributed by atoms with Gasteiger partial charge in [0, 0.05) is 23.0 Å². The van der Waals surface area contributed by atoms with Gasteiger partial charge < -0.3 is 4.98 Å². The molecule has 2 N–H and O–H groups in total. The van der Waals surface area contributed by atoms with Crippen molar-refractivity contribution in [2.75, 3.05) is 4.72 Å². The minimum Gasteiger partial charge on any atom is -0.359 e. The monoisotopic (exact) mass is 398 g/mol. The van der Waals surface area contributed by atoms with Crippen molar-refractivity contribution in [3.63, 3.8) is 0 Å². The lowest BCUT2D eigenvalue weighted by Gasteiger charge is -2.08.